The van der Waals surface area contributed by atoms with Crippen LogP contribution in [0.1, 0.15) is 52.0 Å². The minimum Gasteiger partial charge on any atom is -0.377 e. The number of hydrogen-bond donors (Lipinski definition) is 1. The molecule has 0 radical (unpaired) electrons. The number of aryl methyl sites for hydroxylation is 2. The van der Waals surface area contributed by atoms with E-state index in [1.54, 1.807) is 0 Å². The lowest BCUT2D eigenvalue weighted by molar-refractivity contribution is 0.0260. The van der Waals surface area contributed by atoms with E-state index in [0.717, 1.165) is 38.8 Å². The SMILES string of the molecule is CCCNC(CCc1cnn(C)c1)C(CCC)OCC. The van der Waals surface area contributed by atoms with Crippen LogP contribution in [0.4, 0.5) is 0 Å². The van der Waals surface area contributed by atoms with E-state index < -0.39 is 0 Å². The number of rotatable bonds is 11. The third-order valence-corrected chi connectivity index (χ3v) is 3.56. The summed E-state index contributed by atoms with van der Waals surface area (Å²) in [5.74, 6) is 0. The lowest BCUT2D eigenvalue weighted by Crippen LogP contribution is -2.42. The zero-order chi connectivity index (χ0) is 14.8. The Hall–Kier alpha value is -0.870. The van der Waals surface area contributed by atoms with Gasteiger partial charge in [-0.1, -0.05) is 20.3 Å². The van der Waals surface area contributed by atoms with Crippen molar-refractivity contribution < 1.29 is 4.74 Å². The molecule has 1 heterocycles. The lowest BCUT2D eigenvalue weighted by Gasteiger charge is -2.28. The highest BCUT2D eigenvalue weighted by Crippen LogP contribution is 2.14. The minimum atomic E-state index is 0.327. The first-order valence-electron chi connectivity index (χ1n) is 8.03. The van der Waals surface area contributed by atoms with E-state index in [1.807, 2.05) is 17.9 Å². The van der Waals surface area contributed by atoms with Crippen molar-refractivity contribution in [3.05, 3.63) is 18.0 Å². The van der Waals surface area contributed by atoms with Gasteiger partial charge in [-0.2, -0.15) is 5.10 Å². The normalized spacial score (nSPS) is 14.4. The van der Waals surface area contributed by atoms with E-state index in [0.29, 0.717) is 12.1 Å². The Morgan fingerprint density at radius 1 is 1.25 bits per heavy atom. The molecular weight excluding hydrogens is 250 g/mol. The van der Waals surface area contributed by atoms with Crippen LogP contribution < -0.4 is 5.32 Å². The largest absolute Gasteiger partial charge is 0.377 e. The topological polar surface area (TPSA) is 39.1 Å². The summed E-state index contributed by atoms with van der Waals surface area (Å²) >= 11 is 0. The molecule has 1 aromatic rings. The van der Waals surface area contributed by atoms with Gasteiger partial charge in [-0.05, 0) is 44.7 Å². The Morgan fingerprint density at radius 2 is 2.05 bits per heavy atom. The third kappa shape index (κ3) is 6.06. The summed E-state index contributed by atoms with van der Waals surface area (Å²) in [5.41, 5.74) is 1.31. The fourth-order valence-electron chi connectivity index (χ4n) is 2.57. The van der Waals surface area contributed by atoms with Gasteiger partial charge in [0.25, 0.3) is 0 Å². The van der Waals surface area contributed by atoms with Gasteiger partial charge in [0.05, 0.1) is 12.3 Å². The fraction of sp³-hybridized carbons (Fsp3) is 0.812. The maximum atomic E-state index is 5.95. The quantitative estimate of drug-likeness (QED) is 0.678. The Morgan fingerprint density at radius 3 is 2.60 bits per heavy atom. The second kappa shape index (κ2) is 9.94. The van der Waals surface area contributed by atoms with Crippen molar-refractivity contribution in [3.8, 4) is 0 Å². The van der Waals surface area contributed by atoms with Crippen molar-refractivity contribution in [1.29, 1.82) is 0 Å². The van der Waals surface area contributed by atoms with Gasteiger partial charge in [-0.3, -0.25) is 4.68 Å². The molecule has 20 heavy (non-hydrogen) atoms. The zero-order valence-corrected chi connectivity index (χ0v) is 13.6. The van der Waals surface area contributed by atoms with Gasteiger partial charge in [0.1, 0.15) is 0 Å². The number of hydrogen-bond acceptors (Lipinski definition) is 3. The van der Waals surface area contributed by atoms with Crippen LogP contribution in [0.25, 0.3) is 0 Å². The highest BCUT2D eigenvalue weighted by Gasteiger charge is 2.20. The van der Waals surface area contributed by atoms with Gasteiger partial charge >= 0.3 is 0 Å². The highest BCUT2D eigenvalue weighted by atomic mass is 16.5. The van der Waals surface area contributed by atoms with Gasteiger partial charge in [0.2, 0.25) is 0 Å². The fourth-order valence-corrected chi connectivity index (χ4v) is 2.57. The zero-order valence-electron chi connectivity index (χ0n) is 13.6. The van der Waals surface area contributed by atoms with Crippen LogP contribution in [-0.2, 0) is 18.2 Å². The van der Waals surface area contributed by atoms with E-state index in [2.05, 4.69) is 37.4 Å². The molecule has 0 aliphatic rings. The van der Waals surface area contributed by atoms with Crippen LogP contribution in [-0.4, -0.2) is 35.1 Å². The molecule has 116 valence electrons. The summed E-state index contributed by atoms with van der Waals surface area (Å²) in [6.07, 6.45) is 10.0. The van der Waals surface area contributed by atoms with Gasteiger partial charge in [0, 0.05) is 25.9 Å². The van der Waals surface area contributed by atoms with Gasteiger partial charge < -0.3 is 10.1 Å². The third-order valence-electron chi connectivity index (χ3n) is 3.56. The molecule has 0 aromatic carbocycles. The first kappa shape index (κ1) is 17.2. The van der Waals surface area contributed by atoms with Crippen LogP contribution in [0, 0.1) is 0 Å². The molecule has 1 rings (SSSR count). The second-order valence-electron chi connectivity index (χ2n) is 5.40. The van der Waals surface area contributed by atoms with Crippen LogP contribution >= 0.6 is 0 Å². The molecular formula is C16H31N3O. The molecule has 1 aromatic heterocycles. The van der Waals surface area contributed by atoms with Crippen LogP contribution in [0.15, 0.2) is 12.4 Å². The summed E-state index contributed by atoms with van der Waals surface area (Å²) in [4.78, 5) is 0. The summed E-state index contributed by atoms with van der Waals surface area (Å²) in [5, 5.41) is 7.90. The molecule has 0 fully saturated rings. The summed E-state index contributed by atoms with van der Waals surface area (Å²) in [7, 11) is 1.97. The van der Waals surface area contributed by atoms with E-state index in [-0.39, 0.29) is 0 Å². The molecule has 0 amide bonds. The average Bonchev–Trinajstić information content (AvgIpc) is 2.85. The predicted octanol–water partition coefficient (Wildman–Crippen LogP) is 2.93. The second-order valence-corrected chi connectivity index (χ2v) is 5.40. The average molecular weight is 281 g/mol. The van der Waals surface area contributed by atoms with Crippen molar-refractivity contribution >= 4 is 0 Å². The molecule has 2 atom stereocenters. The molecule has 4 heteroatoms. The Balaban J connectivity index is 2.56. The number of nitrogens with zero attached hydrogens (tertiary/aromatic N) is 2. The monoisotopic (exact) mass is 281 g/mol. The smallest absolute Gasteiger partial charge is 0.0727 e. The lowest BCUT2D eigenvalue weighted by atomic mass is 9.99. The van der Waals surface area contributed by atoms with Crippen LogP contribution in [0.3, 0.4) is 0 Å². The number of ether oxygens (including phenoxy) is 1. The van der Waals surface area contributed by atoms with E-state index in [1.165, 1.54) is 12.0 Å². The van der Waals surface area contributed by atoms with Crippen molar-refractivity contribution in [1.82, 2.24) is 15.1 Å². The summed E-state index contributed by atoms with van der Waals surface area (Å²) in [6.45, 7) is 8.37. The maximum absolute atomic E-state index is 5.95. The predicted molar refractivity (Wildman–Crippen MR) is 83.9 cm³/mol. The Bertz CT molecular complexity index is 345. The van der Waals surface area contributed by atoms with E-state index in [4.69, 9.17) is 4.74 Å². The van der Waals surface area contributed by atoms with Crippen molar-refractivity contribution in [2.75, 3.05) is 13.2 Å². The van der Waals surface area contributed by atoms with Gasteiger partial charge in [-0.25, -0.2) is 0 Å². The first-order valence-corrected chi connectivity index (χ1v) is 8.03. The maximum Gasteiger partial charge on any atom is 0.0727 e. The van der Waals surface area contributed by atoms with Crippen molar-refractivity contribution in [2.45, 2.75) is 65.0 Å². The molecule has 0 saturated heterocycles. The Labute approximate surface area is 123 Å². The summed E-state index contributed by atoms with van der Waals surface area (Å²) in [6, 6.07) is 0.440. The molecule has 4 nitrogen and oxygen atoms in total. The molecule has 0 aliphatic carbocycles. The molecule has 0 bridgehead atoms. The van der Waals surface area contributed by atoms with Crippen LogP contribution in [0.5, 0.6) is 0 Å². The molecule has 1 N–H and O–H groups in total. The van der Waals surface area contributed by atoms with Crippen molar-refractivity contribution in [2.24, 2.45) is 7.05 Å². The van der Waals surface area contributed by atoms with E-state index in [9.17, 15) is 0 Å². The number of aromatic nitrogens is 2. The minimum absolute atomic E-state index is 0.327. The summed E-state index contributed by atoms with van der Waals surface area (Å²) < 4.78 is 7.82. The Kier molecular flexibility index (Phi) is 8.54. The molecule has 0 spiro atoms. The standard InChI is InChI=1S/C16H31N3O/c1-5-8-16(20-7-3)15(17-11-6-2)10-9-14-12-18-19(4)13-14/h12-13,15-17H,5-11H2,1-4H3. The first-order chi connectivity index (χ1) is 9.71. The van der Waals surface area contributed by atoms with E-state index >= 15 is 0 Å². The molecule has 0 aliphatic heterocycles. The van der Waals surface area contributed by atoms with Gasteiger partial charge in [0.15, 0.2) is 0 Å². The highest BCUT2D eigenvalue weighted by molar-refractivity contribution is 5.04. The van der Waals surface area contributed by atoms with Crippen molar-refractivity contribution in [3.63, 3.8) is 0 Å². The van der Waals surface area contributed by atoms with Crippen LogP contribution in [0.2, 0.25) is 0 Å². The van der Waals surface area contributed by atoms with Gasteiger partial charge in [-0.15, -0.1) is 0 Å². The molecule has 0 saturated carbocycles. The number of nitrogens with one attached hydrogen (secondary N) is 1. The molecule has 2 unspecified atom stereocenters.